The average Bonchev–Trinajstić information content (AvgIpc) is 2.87. The van der Waals surface area contributed by atoms with Crippen molar-refractivity contribution in [2.45, 2.75) is 44.9 Å². The van der Waals surface area contributed by atoms with E-state index in [1.165, 1.54) is 18.9 Å². The third kappa shape index (κ3) is 7.17. The number of hydrogen-bond donors (Lipinski definition) is 1. The third-order valence-electron chi connectivity index (χ3n) is 5.41. The summed E-state index contributed by atoms with van der Waals surface area (Å²) >= 11 is 1.25. The number of nitrogens with one attached hydrogen (secondary N) is 1. The Balaban J connectivity index is 1.83. The van der Waals surface area contributed by atoms with Gasteiger partial charge in [0.2, 0.25) is 11.8 Å². The molecule has 9 nitrogen and oxygen atoms in total. The summed E-state index contributed by atoms with van der Waals surface area (Å²) in [6.07, 6.45) is 3.78. The van der Waals surface area contributed by atoms with E-state index in [0.717, 1.165) is 17.0 Å². The zero-order valence-electron chi connectivity index (χ0n) is 21.1. The summed E-state index contributed by atoms with van der Waals surface area (Å²) < 4.78 is 10.6. The number of methoxy groups -OCH3 is 2. The van der Waals surface area contributed by atoms with Crippen LogP contribution in [0.1, 0.15) is 30.3 Å². The number of ether oxygens (including phenoxy) is 2. The number of pyridine rings is 1. The minimum absolute atomic E-state index is 0.0960. The maximum Gasteiger partial charge on any atom is 0.247 e. The second-order valence-corrected chi connectivity index (χ2v) is 9.03. The molecule has 0 aliphatic carbocycles. The van der Waals surface area contributed by atoms with Crippen LogP contribution in [0.2, 0.25) is 0 Å². The highest BCUT2D eigenvalue weighted by Crippen LogP contribution is 2.29. The molecule has 1 atom stereocenters. The molecule has 1 aromatic carbocycles. The molecule has 0 saturated heterocycles. The Bertz CT molecular complexity index is 1170. The Morgan fingerprint density at radius 1 is 1.08 bits per heavy atom. The Hall–Kier alpha value is -3.66. The molecule has 1 N–H and O–H groups in total. The number of benzene rings is 1. The fourth-order valence-electron chi connectivity index (χ4n) is 3.69. The van der Waals surface area contributed by atoms with Crippen LogP contribution in [0.3, 0.4) is 0 Å². The van der Waals surface area contributed by atoms with Gasteiger partial charge in [0.1, 0.15) is 17.5 Å². The number of anilines is 1. The molecule has 0 aliphatic rings. The van der Waals surface area contributed by atoms with Crippen LogP contribution in [0.5, 0.6) is 11.5 Å². The van der Waals surface area contributed by atoms with Crippen LogP contribution in [-0.2, 0) is 16.1 Å². The molecule has 0 aliphatic heterocycles. The maximum absolute atomic E-state index is 13.5. The van der Waals surface area contributed by atoms with E-state index >= 15 is 0 Å². The third-order valence-corrected chi connectivity index (χ3v) is 6.25. The van der Waals surface area contributed by atoms with Gasteiger partial charge < -0.3 is 19.7 Å². The van der Waals surface area contributed by atoms with Gasteiger partial charge in [0.25, 0.3) is 0 Å². The molecule has 2 aromatic heterocycles. The van der Waals surface area contributed by atoms with Gasteiger partial charge in [0, 0.05) is 36.4 Å². The molecule has 0 radical (unpaired) electrons. The number of aromatic nitrogens is 3. The van der Waals surface area contributed by atoms with Crippen LogP contribution in [-0.4, -0.2) is 57.7 Å². The van der Waals surface area contributed by atoms with Crippen molar-refractivity contribution in [2.24, 2.45) is 0 Å². The van der Waals surface area contributed by atoms with Crippen LogP contribution in [0.25, 0.3) is 0 Å². The van der Waals surface area contributed by atoms with Crippen molar-refractivity contribution in [3.05, 3.63) is 65.7 Å². The first-order valence-corrected chi connectivity index (χ1v) is 12.5. The van der Waals surface area contributed by atoms with Crippen LogP contribution < -0.4 is 14.8 Å². The molecule has 1 unspecified atom stereocenters. The first-order chi connectivity index (χ1) is 17.3. The molecule has 0 spiro atoms. The fraction of sp³-hybridized carbons (Fsp3) is 0.346. The Kier molecular flexibility index (Phi) is 9.63. The van der Waals surface area contributed by atoms with Crippen LogP contribution >= 0.6 is 11.8 Å². The monoisotopic (exact) mass is 509 g/mol. The molecular formula is C26H31N5O4S. The highest BCUT2D eigenvalue weighted by atomic mass is 32.2. The summed E-state index contributed by atoms with van der Waals surface area (Å²) in [5.41, 5.74) is 2.99. The van der Waals surface area contributed by atoms with Gasteiger partial charge in [0.15, 0.2) is 5.16 Å². The van der Waals surface area contributed by atoms with Crippen molar-refractivity contribution in [3.63, 3.8) is 0 Å². The smallest absolute Gasteiger partial charge is 0.247 e. The van der Waals surface area contributed by atoms with E-state index in [9.17, 15) is 9.59 Å². The van der Waals surface area contributed by atoms with Crippen LogP contribution in [0.4, 0.5) is 5.69 Å². The predicted octanol–water partition coefficient (Wildman–Crippen LogP) is 4.04. The normalized spacial score (nSPS) is 11.5. The van der Waals surface area contributed by atoms with E-state index in [0.29, 0.717) is 28.8 Å². The molecule has 190 valence electrons. The molecule has 10 heteroatoms. The average molecular weight is 510 g/mol. The molecule has 0 fully saturated rings. The summed E-state index contributed by atoms with van der Waals surface area (Å²) in [6.45, 7) is 5.89. The van der Waals surface area contributed by atoms with E-state index in [1.54, 1.807) is 48.7 Å². The van der Waals surface area contributed by atoms with E-state index in [4.69, 9.17) is 9.47 Å². The number of carbonyl (C=O) groups excluding carboxylic acids is 2. The first-order valence-electron chi connectivity index (χ1n) is 11.5. The standard InChI is InChI=1S/C26H31N5O4S/c1-6-22(25(33)30-21-10-9-20(34-4)13-23(21)35-5)31(15-19-8-7-11-27-14-19)24(32)16-36-26-28-17(2)12-18(3)29-26/h7-14,22H,6,15-16H2,1-5H3,(H,30,33). The molecule has 36 heavy (non-hydrogen) atoms. The van der Waals surface area contributed by atoms with E-state index in [2.05, 4.69) is 20.3 Å². The SMILES string of the molecule is CCC(C(=O)Nc1ccc(OC)cc1OC)N(Cc1cccnc1)C(=O)CSc1nc(C)cc(C)n1. The molecule has 3 rings (SSSR count). The number of hydrogen-bond acceptors (Lipinski definition) is 8. The van der Waals surface area contributed by atoms with Crippen molar-refractivity contribution in [1.29, 1.82) is 0 Å². The second kappa shape index (κ2) is 12.9. The van der Waals surface area contributed by atoms with Gasteiger partial charge in [-0.05, 0) is 50.1 Å². The van der Waals surface area contributed by atoms with E-state index in [-0.39, 0.29) is 24.1 Å². The summed E-state index contributed by atoms with van der Waals surface area (Å²) in [6, 6.07) is 9.98. The lowest BCUT2D eigenvalue weighted by Crippen LogP contribution is -2.47. The number of rotatable bonds is 11. The fourth-order valence-corrected chi connectivity index (χ4v) is 4.53. The van der Waals surface area contributed by atoms with Gasteiger partial charge in [-0.3, -0.25) is 14.6 Å². The number of nitrogens with zero attached hydrogens (tertiary/aromatic N) is 4. The lowest BCUT2D eigenvalue weighted by atomic mass is 10.1. The largest absolute Gasteiger partial charge is 0.497 e. The first kappa shape index (κ1) is 26.9. The van der Waals surface area contributed by atoms with Crippen molar-refractivity contribution in [2.75, 3.05) is 25.3 Å². The Morgan fingerprint density at radius 2 is 1.83 bits per heavy atom. The maximum atomic E-state index is 13.5. The van der Waals surface area contributed by atoms with Gasteiger partial charge in [-0.15, -0.1) is 0 Å². The highest BCUT2D eigenvalue weighted by Gasteiger charge is 2.29. The molecular weight excluding hydrogens is 478 g/mol. The van der Waals surface area contributed by atoms with Crippen molar-refractivity contribution in [3.8, 4) is 11.5 Å². The van der Waals surface area contributed by atoms with Gasteiger partial charge in [0.05, 0.1) is 25.7 Å². The van der Waals surface area contributed by atoms with Crippen LogP contribution in [0, 0.1) is 13.8 Å². The van der Waals surface area contributed by atoms with Crippen LogP contribution in [0.15, 0.2) is 53.9 Å². The summed E-state index contributed by atoms with van der Waals surface area (Å²) in [5, 5.41) is 3.44. The van der Waals surface area contributed by atoms with Crippen molar-refractivity contribution < 1.29 is 19.1 Å². The highest BCUT2D eigenvalue weighted by molar-refractivity contribution is 7.99. The van der Waals surface area contributed by atoms with Gasteiger partial charge in [-0.2, -0.15) is 0 Å². The summed E-state index contributed by atoms with van der Waals surface area (Å²) in [4.78, 5) is 41.4. The lowest BCUT2D eigenvalue weighted by molar-refractivity contribution is -0.137. The number of carbonyl (C=O) groups is 2. The molecule has 0 saturated carbocycles. The minimum atomic E-state index is -0.717. The lowest BCUT2D eigenvalue weighted by Gasteiger charge is -2.30. The number of aryl methyl sites for hydroxylation is 2. The zero-order chi connectivity index (χ0) is 26.1. The second-order valence-electron chi connectivity index (χ2n) is 8.08. The quantitative estimate of drug-likeness (QED) is 0.305. The predicted molar refractivity (Wildman–Crippen MR) is 139 cm³/mol. The zero-order valence-corrected chi connectivity index (χ0v) is 22.0. The van der Waals surface area contributed by atoms with Crippen molar-refractivity contribution >= 4 is 29.3 Å². The van der Waals surface area contributed by atoms with Gasteiger partial charge >= 0.3 is 0 Å². The molecule has 0 bridgehead atoms. The minimum Gasteiger partial charge on any atom is -0.497 e. The Labute approximate surface area is 215 Å². The molecule has 2 heterocycles. The van der Waals surface area contributed by atoms with Crippen molar-refractivity contribution in [1.82, 2.24) is 19.9 Å². The van der Waals surface area contributed by atoms with E-state index in [1.807, 2.05) is 32.9 Å². The summed E-state index contributed by atoms with van der Waals surface area (Å²) in [7, 11) is 3.08. The number of amides is 2. The molecule has 2 amide bonds. The number of thioether (sulfide) groups is 1. The topological polar surface area (TPSA) is 107 Å². The van der Waals surface area contributed by atoms with Gasteiger partial charge in [-0.25, -0.2) is 9.97 Å². The Morgan fingerprint density at radius 3 is 2.44 bits per heavy atom. The molecule has 3 aromatic rings. The summed E-state index contributed by atoms with van der Waals surface area (Å²) in [5.74, 6) is 0.654. The van der Waals surface area contributed by atoms with E-state index < -0.39 is 6.04 Å². The van der Waals surface area contributed by atoms with Gasteiger partial charge in [-0.1, -0.05) is 24.8 Å².